The quantitative estimate of drug-likeness (QED) is 0.152. The van der Waals surface area contributed by atoms with Crippen molar-refractivity contribution in [3.8, 4) is 46.5 Å². The van der Waals surface area contributed by atoms with Crippen molar-refractivity contribution in [2.45, 2.75) is 0 Å². The molecule has 600 valence electrons. The Morgan fingerprint density at radius 2 is 0.289 bits per heavy atom. The van der Waals surface area contributed by atoms with Crippen LogP contribution in [-0.2, 0) is 0 Å². The molecule has 0 unspecified atom stereocenters. The Balaban J connectivity index is 0.000000110. The third-order valence-corrected chi connectivity index (χ3v) is 23.1. The van der Waals surface area contributed by atoms with E-state index in [2.05, 4.69) is 120 Å². The van der Waals surface area contributed by atoms with Crippen molar-refractivity contribution in [3.63, 3.8) is 0 Å². The number of nitrogens with zero attached hydrogens (tertiary/aromatic N) is 12. The summed E-state index contributed by atoms with van der Waals surface area (Å²) >= 11 is 0. The monoisotopic (exact) mass is 1670 g/mol. The molecule has 0 amide bonds. The van der Waals surface area contributed by atoms with Crippen molar-refractivity contribution >= 4 is 174 Å². The molecule has 128 heavy (non-hydrogen) atoms. The molecule has 0 aliphatic rings. The molecule has 0 spiro atoms. The van der Waals surface area contributed by atoms with Crippen LogP contribution in [0.1, 0.15) is 45.2 Å². The Hall–Kier alpha value is -17.5. The maximum absolute atomic E-state index is 8.77. The Kier molecular flexibility index (Phi) is 11.2. The first kappa shape index (κ1) is 47.2. The van der Waals surface area contributed by atoms with Crippen molar-refractivity contribution in [2.24, 2.45) is 0 Å². The second kappa shape index (κ2) is 30.2. The summed E-state index contributed by atoms with van der Waals surface area (Å²) in [5, 5.41) is 8.41. The molecule has 0 radical (unpaired) electrons. The van der Waals surface area contributed by atoms with Crippen LogP contribution in [0.4, 0.5) is 0 Å². The highest BCUT2D eigenvalue weighted by atomic mass is 15.2. The molecule has 0 saturated heterocycles. The number of para-hydroxylation sites is 16. The van der Waals surface area contributed by atoms with E-state index in [1.165, 1.54) is 73.1 Å². The number of fused-ring (bicyclic) bond motifs is 24. The zero-order chi connectivity index (χ0) is 113. The molecule has 0 saturated carbocycles. The van der Waals surface area contributed by atoms with Gasteiger partial charge in [-0.25, -0.2) is 19.9 Å². The van der Waals surface area contributed by atoms with Gasteiger partial charge in [0.15, 0.2) is 0 Å². The number of benzene rings is 16. The van der Waals surface area contributed by atoms with Gasteiger partial charge < -0.3 is 0 Å². The summed E-state index contributed by atoms with van der Waals surface area (Å²) in [7, 11) is 0. The lowest BCUT2D eigenvalue weighted by Gasteiger charge is -2.11. The van der Waals surface area contributed by atoms with E-state index < -0.39 is 96.7 Å². The van der Waals surface area contributed by atoms with Gasteiger partial charge in [-0.1, -0.05) is 315 Å². The highest BCUT2D eigenvalue weighted by Gasteiger charge is 2.23. The fourth-order valence-electron chi connectivity index (χ4n) is 17.9. The van der Waals surface area contributed by atoms with E-state index in [9.17, 15) is 0 Å². The molecule has 12 aromatic heterocycles. The van der Waals surface area contributed by atoms with E-state index >= 15 is 0 Å². The second-order valence-corrected chi connectivity index (χ2v) is 30.0. The molecular weight excluding hydrogens is 1560 g/mol. The van der Waals surface area contributed by atoms with Gasteiger partial charge in [-0.15, -0.1) is 0 Å². The second-order valence-electron chi connectivity index (χ2n) is 30.0. The molecule has 0 N–H and O–H groups in total. The van der Waals surface area contributed by atoms with Crippen molar-refractivity contribution in [2.75, 3.05) is 0 Å². The first-order chi connectivity index (χ1) is 77.1. The normalized spacial score (nSPS) is 15.4. The molecular formula is C116H76N12. The number of pyridine rings is 4. The average molecular weight is 1670 g/mol. The predicted molar refractivity (Wildman–Crippen MR) is 532 cm³/mol. The van der Waals surface area contributed by atoms with E-state index in [0.717, 1.165) is 88.9 Å². The van der Waals surface area contributed by atoms with Gasteiger partial charge in [0.25, 0.3) is 0 Å². The molecule has 16 aromatic carbocycles. The maximum Gasteiger partial charge on any atom is 0.140 e. The molecule has 28 aromatic rings. The fraction of sp³-hybridized carbons (Fsp3) is 0. The van der Waals surface area contributed by atoms with Gasteiger partial charge in [0, 0.05) is 86.2 Å². The van der Waals surface area contributed by atoms with E-state index in [4.69, 9.17) is 60.2 Å². The summed E-state index contributed by atoms with van der Waals surface area (Å²) in [6, 6.07) is 69.2. The molecule has 0 aliphatic carbocycles. The van der Waals surface area contributed by atoms with Gasteiger partial charge in [-0.05, 0) is 145 Å². The van der Waals surface area contributed by atoms with Crippen molar-refractivity contribution in [3.05, 3.63) is 460 Å². The van der Waals surface area contributed by atoms with Crippen LogP contribution in [0.5, 0.6) is 0 Å². The van der Waals surface area contributed by atoms with Crippen LogP contribution >= 0.6 is 0 Å². The molecule has 12 heterocycles. The van der Waals surface area contributed by atoms with Gasteiger partial charge in [0.1, 0.15) is 46.5 Å². The summed E-state index contributed by atoms with van der Waals surface area (Å²) < 4.78 is 292. The molecule has 12 nitrogen and oxygen atoms in total. The lowest BCUT2D eigenvalue weighted by atomic mass is 10.2. The minimum absolute atomic E-state index is 0.112. The number of hydrogen-bond donors (Lipinski definition) is 0. The molecule has 28 rings (SSSR count). The number of aromatic nitrogens is 12. The maximum atomic E-state index is 8.77. The van der Waals surface area contributed by atoms with E-state index in [1.807, 2.05) is 78.9 Å². The van der Waals surface area contributed by atoms with Crippen molar-refractivity contribution < 1.29 is 45.2 Å². The average Bonchev–Trinajstić information content (AvgIpc) is 1.53. The van der Waals surface area contributed by atoms with Gasteiger partial charge >= 0.3 is 0 Å². The summed E-state index contributed by atoms with van der Waals surface area (Å²) in [6.45, 7) is 0. The van der Waals surface area contributed by atoms with Crippen LogP contribution in [0.15, 0.2) is 460 Å². The van der Waals surface area contributed by atoms with Crippen LogP contribution in [0.2, 0.25) is 0 Å². The molecule has 0 aliphatic heterocycles. The Labute approximate surface area is 780 Å². The smallest absolute Gasteiger partial charge is 0.140 e. The van der Waals surface area contributed by atoms with Crippen molar-refractivity contribution in [1.29, 1.82) is 0 Å². The third-order valence-electron chi connectivity index (χ3n) is 23.1. The summed E-state index contributed by atoms with van der Waals surface area (Å²) in [5.41, 5.74) is 8.38. The Bertz CT molecular complexity index is 10300. The molecule has 0 atom stereocenters. The third kappa shape index (κ3) is 11.8. The SMILES string of the molecule is [2H]c1c([2H])c([2H])c2c(c1[2H])c1c([2H])c([2H])c([2H])c([2H])c1n2-c1cccc(-n2c3c([2H])c([2H])c([2H])c([2H])c3c3c([2H])c([2H])c([2H])c([2H])c32)n1.[2H]c1cc(-n2c3ccccc3c3ccccc32)nc(-n2c3ccccc3c3ccccc32)c1.[2H]c1cc2c(c([2H])c1[2H])c1c([2H])c([2H])c([2H])cc1n2-c1cccc(-n2c3cc([2H])c([2H])c([2H])c3c3c([2H])c([2H])c([2H])cc32)n1.[2H]c1ccc2c(c1)c1cc([2H])ccc1n2-c1cccc(-n2c3ccc([2H])cc3c3cc([2H])ccc32)n1. The first-order valence-electron chi connectivity index (χ1n) is 57.1. The van der Waals surface area contributed by atoms with E-state index in [1.54, 1.807) is 51.6 Å². The highest BCUT2D eigenvalue weighted by Crippen LogP contribution is 2.41. The summed E-state index contributed by atoms with van der Waals surface area (Å²) in [6.07, 6.45) is 0. The summed E-state index contributed by atoms with van der Waals surface area (Å²) in [5.74, 6) is 3.19. The van der Waals surface area contributed by atoms with Crippen molar-refractivity contribution in [1.82, 2.24) is 56.5 Å². The largest absolute Gasteiger partial charge is 0.294 e. The highest BCUT2D eigenvalue weighted by molar-refractivity contribution is 6.16. The lowest BCUT2D eigenvalue weighted by molar-refractivity contribution is 1.01. The van der Waals surface area contributed by atoms with Gasteiger partial charge in [0.05, 0.1) is 134 Å². The molecule has 0 bridgehead atoms. The van der Waals surface area contributed by atoms with Gasteiger partial charge in [0.2, 0.25) is 0 Å². The Morgan fingerprint density at radius 3 is 0.531 bits per heavy atom. The Morgan fingerprint density at radius 1 is 0.117 bits per heavy atom. The predicted octanol–water partition coefficient (Wildman–Crippen LogP) is 29.1. The minimum Gasteiger partial charge on any atom is -0.294 e. The van der Waals surface area contributed by atoms with Crippen LogP contribution in [0, 0.1) is 0 Å². The molecule has 0 fully saturated rings. The topological polar surface area (TPSA) is 91.0 Å². The first-order valence-corrected chi connectivity index (χ1v) is 40.6. The van der Waals surface area contributed by atoms with Gasteiger partial charge in [-0.3, -0.25) is 36.5 Å². The zero-order valence-corrected chi connectivity index (χ0v) is 66.7. The lowest BCUT2D eigenvalue weighted by Crippen LogP contribution is -2.02. The summed E-state index contributed by atoms with van der Waals surface area (Å²) in [4.78, 5) is 19.7. The van der Waals surface area contributed by atoms with Gasteiger partial charge in [-0.2, -0.15) is 0 Å². The van der Waals surface area contributed by atoms with Crippen LogP contribution < -0.4 is 0 Å². The van der Waals surface area contributed by atoms with Crippen LogP contribution in [0.3, 0.4) is 0 Å². The standard InChI is InChI=1S/4C29H19N3/c4*1-5-14-24-20(10-1)21-11-2-6-15-25(21)31(24)28-18-9-19-29(30-28)32-26-16-7-3-12-22(26)23-13-4-8-17-27(23)32/h4*1-19H/i1D,2D,3D,4D,5D,6D,7D,8D,10D,11D,12D,13D,14D,15D,16D,17D;1D,2D,3D,4D,5D,6D,7D,8D,10D,11D,12D,13D;1D,2D,3D,4D;9D. The number of hydrogen-bond acceptors (Lipinski definition) is 4. The molecule has 12 heteroatoms. The van der Waals surface area contributed by atoms with Crippen LogP contribution in [-0.4, -0.2) is 56.5 Å². The zero-order valence-electron chi connectivity index (χ0n) is 99.7. The van der Waals surface area contributed by atoms with E-state index in [0.29, 0.717) is 30.2 Å². The van der Waals surface area contributed by atoms with Crippen LogP contribution in [0.25, 0.3) is 221 Å². The fourth-order valence-corrected chi connectivity index (χ4v) is 17.9. The minimum atomic E-state index is -0.627. The number of rotatable bonds is 8. The van der Waals surface area contributed by atoms with E-state index in [-0.39, 0.29) is 183 Å².